The van der Waals surface area contributed by atoms with E-state index in [0.717, 1.165) is 16.5 Å². The van der Waals surface area contributed by atoms with Gasteiger partial charge >= 0.3 is 0 Å². The van der Waals surface area contributed by atoms with E-state index in [1.807, 2.05) is 72.8 Å². The summed E-state index contributed by atoms with van der Waals surface area (Å²) >= 11 is 0. The van der Waals surface area contributed by atoms with Crippen LogP contribution in [0.1, 0.15) is 22.7 Å². The van der Waals surface area contributed by atoms with Gasteiger partial charge < -0.3 is 19.7 Å². The molecule has 1 unspecified atom stereocenters. The summed E-state index contributed by atoms with van der Waals surface area (Å²) in [4.78, 5) is 35.5. The zero-order valence-electron chi connectivity index (χ0n) is 20.2. The zero-order valence-corrected chi connectivity index (χ0v) is 20.2. The van der Waals surface area contributed by atoms with Crippen molar-refractivity contribution in [2.24, 2.45) is 0 Å². The quantitative estimate of drug-likeness (QED) is 0.170. The summed E-state index contributed by atoms with van der Waals surface area (Å²) in [6, 6.07) is 26.9. The number of nitrogens with zero attached hydrogens (tertiary/aromatic N) is 2. The van der Waals surface area contributed by atoms with Gasteiger partial charge in [-0.25, -0.2) is 0 Å². The van der Waals surface area contributed by atoms with Gasteiger partial charge in [-0.15, -0.1) is 0 Å². The van der Waals surface area contributed by atoms with Gasteiger partial charge in [0, 0.05) is 41.6 Å². The molecule has 3 aromatic carbocycles. The first-order valence-electron chi connectivity index (χ1n) is 12.2. The third kappa shape index (κ3) is 4.20. The highest BCUT2D eigenvalue weighted by Crippen LogP contribution is 2.42. The maximum atomic E-state index is 13.5. The van der Waals surface area contributed by atoms with E-state index in [0.29, 0.717) is 22.6 Å². The second kappa shape index (κ2) is 9.71. The van der Waals surface area contributed by atoms with Gasteiger partial charge in [-0.2, -0.15) is 0 Å². The number of amides is 1. The molecular weight excluding hydrogens is 478 g/mol. The lowest BCUT2D eigenvalue weighted by molar-refractivity contribution is -0.140. The number of H-pyrrole nitrogens is 1. The van der Waals surface area contributed by atoms with Crippen molar-refractivity contribution < 1.29 is 19.4 Å². The molecule has 1 saturated heterocycles. The normalized spacial score (nSPS) is 16.7. The monoisotopic (exact) mass is 501 g/mol. The molecule has 0 aliphatic carbocycles. The second-order valence-electron chi connectivity index (χ2n) is 9.02. The van der Waals surface area contributed by atoms with E-state index in [2.05, 4.69) is 9.97 Å². The molecule has 7 heteroatoms. The van der Waals surface area contributed by atoms with Crippen molar-refractivity contribution in [2.75, 3.05) is 0 Å². The summed E-state index contributed by atoms with van der Waals surface area (Å²) in [6.45, 7) is 0.173. The largest absolute Gasteiger partial charge is 0.507 e. The number of benzene rings is 3. The van der Waals surface area contributed by atoms with Gasteiger partial charge in [0.15, 0.2) is 0 Å². The van der Waals surface area contributed by atoms with Gasteiger partial charge in [-0.3, -0.25) is 14.6 Å². The average Bonchev–Trinajstić information content (AvgIpc) is 3.49. The number of likely N-dealkylation sites (tertiary alicyclic amines) is 1. The molecule has 0 bridgehead atoms. The van der Waals surface area contributed by atoms with Crippen molar-refractivity contribution in [2.45, 2.75) is 12.6 Å². The summed E-state index contributed by atoms with van der Waals surface area (Å²) in [7, 11) is 0. The Bertz CT molecular complexity index is 1680. The number of ether oxygens (including phenoxy) is 1. The number of hydrogen-bond donors (Lipinski definition) is 2. The average molecular weight is 502 g/mol. The minimum Gasteiger partial charge on any atom is -0.507 e. The highest BCUT2D eigenvalue weighted by Gasteiger charge is 2.46. The second-order valence-corrected chi connectivity index (χ2v) is 9.02. The van der Waals surface area contributed by atoms with Crippen LogP contribution in [-0.2, 0) is 16.1 Å². The molecule has 7 nitrogen and oxygen atoms in total. The van der Waals surface area contributed by atoms with E-state index >= 15 is 0 Å². The predicted molar refractivity (Wildman–Crippen MR) is 143 cm³/mol. The van der Waals surface area contributed by atoms with Crippen LogP contribution in [0, 0.1) is 0 Å². The molecule has 38 heavy (non-hydrogen) atoms. The number of ketones is 1. The van der Waals surface area contributed by atoms with Crippen LogP contribution in [0.5, 0.6) is 11.5 Å². The molecule has 186 valence electrons. The summed E-state index contributed by atoms with van der Waals surface area (Å²) in [5, 5.41) is 12.3. The lowest BCUT2D eigenvalue weighted by atomic mass is 9.95. The molecule has 2 N–H and O–H groups in total. The van der Waals surface area contributed by atoms with Crippen molar-refractivity contribution in [1.29, 1.82) is 0 Å². The summed E-state index contributed by atoms with van der Waals surface area (Å²) < 4.78 is 6.03. The molecule has 1 aliphatic rings. The molecule has 1 amide bonds. The predicted octanol–water partition coefficient (Wildman–Crippen LogP) is 5.98. The fourth-order valence-electron chi connectivity index (χ4n) is 4.86. The van der Waals surface area contributed by atoms with E-state index in [1.165, 1.54) is 4.90 Å². The number of aliphatic hydroxyl groups is 1. The summed E-state index contributed by atoms with van der Waals surface area (Å²) in [5.74, 6) is -0.425. The van der Waals surface area contributed by atoms with Crippen molar-refractivity contribution in [1.82, 2.24) is 14.9 Å². The number of carbonyl (C=O) groups excluding carboxylic acids is 2. The van der Waals surface area contributed by atoms with Gasteiger partial charge in [0.25, 0.3) is 11.7 Å². The fraction of sp³-hybridized carbons (Fsp3) is 0.0645. The molecule has 1 fully saturated rings. The number of nitrogens with one attached hydrogen (secondary N) is 1. The third-order valence-electron chi connectivity index (χ3n) is 6.64. The smallest absolute Gasteiger partial charge is 0.295 e. The van der Waals surface area contributed by atoms with E-state index in [1.54, 1.807) is 36.8 Å². The Morgan fingerprint density at radius 3 is 2.45 bits per heavy atom. The third-order valence-corrected chi connectivity index (χ3v) is 6.64. The first-order valence-corrected chi connectivity index (χ1v) is 12.2. The van der Waals surface area contributed by atoms with E-state index < -0.39 is 17.7 Å². The Hall–Kier alpha value is -5.17. The van der Waals surface area contributed by atoms with Crippen molar-refractivity contribution >= 4 is 28.4 Å². The zero-order chi connectivity index (χ0) is 26.1. The highest BCUT2D eigenvalue weighted by atomic mass is 16.5. The molecule has 0 radical (unpaired) electrons. The van der Waals surface area contributed by atoms with Gasteiger partial charge in [0.2, 0.25) is 0 Å². The number of Topliss-reactive ketones (excluding diaryl/α,β-unsaturated/α-hetero) is 1. The number of aromatic nitrogens is 2. The first-order chi connectivity index (χ1) is 18.6. The fourth-order valence-corrected chi connectivity index (χ4v) is 4.86. The van der Waals surface area contributed by atoms with Crippen LogP contribution in [0.15, 0.2) is 115 Å². The van der Waals surface area contributed by atoms with E-state index in [9.17, 15) is 14.7 Å². The molecular formula is C31H23N3O4. The van der Waals surface area contributed by atoms with Gasteiger partial charge in [0.05, 0.1) is 11.6 Å². The highest BCUT2D eigenvalue weighted by molar-refractivity contribution is 6.46. The standard InChI is InChI=1S/C31H23N3O4/c35-29(25-18-33-26-12-5-4-11-24(25)26)27-28(34(31(37)30(27)36)19-20-13-15-32-16-14-20)21-7-6-10-23(17-21)38-22-8-2-1-3-9-22/h1-18,28,33,35H,19H2/b29-27-. The van der Waals surface area contributed by atoms with Crippen LogP contribution in [-0.4, -0.2) is 31.7 Å². The van der Waals surface area contributed by atoms with Crippen LogP contribution < -0.4 is 4.74 Å². The maximum absolute atomic E-state index is 13.5. The summed E-state index contributed by atoms with van der Waals surface area (Å²) in [5.41, 5.74) is 2.77. The molecule has 5 aromatic rings. The van der Waals surface area contributed by atoms with Crippen molar-refractivity contribution in [3.63, 3.8) is 0 Å². The Balaban J connectivity index is 1.49. The molecule has 1 aliphatic heterocycles. The lowest BCUT2D eigenvalue weighted by Crippen LogP contribution is -2.29. The van der Waals surface area contributed by atoms with E-state index in [4.69, 9.17) is 4.74 Å². The molecule has 3 heterocycles. The van der Waals surface area contributed by atoms with Crippen molar-refractivity contribution in [3.8, 4) is 11.5 Å². The molecule has 2 aromatic heterocycles. The Kier molecular flexibility index (Phi) is 5.94. The number of pyridine rings is 1. The number of carbonyl (C=O) groups is 2. The van der Waals surface area contributed by atoms with Crippen LogP contribution in [0.4, 0.5) is 0 Å². The van der Waals surface area contributed by atoms with Crippen LogP contribution in [0.25, 0.3) is 16.7 Å². The Labute approximate surface area is 218 Å². The van der Waals surface area contributed by atoms with Gasteiger partial charge in [-0.1, -0.05) is 48.5 Å². The number of aliphatic hydroxyl groups excluding tert-OH is 1. The minimum absolute atomic E-state index is 0.0330. The number of aromatic amines is 1. The van der Waals surface area contributed by atoms with E-state index in [-0.39, 0.29) is 17.9 Å². The van der Waals surface area contributed by atoms with Crippen LogP contribution in [0.3, 0.4) is 0 Å². The van der Waals surface area contributed by atoms with Crippen LogP contribution in [0.2, 0.25) is 0 Å². The number of rotatable bonds is 6. The SMILES string of the molecule is O=C1C(=O)N(Cc2ccncc2)C(c2cccc(Oc3ccccc3)c2)/C1=C(/O)c1c[nH]c2ccccc12. The minimum atomic E-state index is -0.823. The first kappa shape index (κ1) is 23.2. The lowest BCUT2D eigenvalue weighted by Gasteiger charge is -2.25. The number of hydrogen-bond acceptors (Lipinski definition) is 5. The number of fused-ring (bicyclic) bond motifs is 1. The maximum Gasteiger partial charge on any atom is 0.295 e. The Morgan fingerprint density at radius 2 is 1.63 bits per heavy atom. The molecule has 0 spiro atoms. The topological polar surface area (TPSA) is 95.5 Å². The van der Waals surface area contributed by atoms with Gasteiger partial charge in [-0.05, 0) is 53.6 Å². The molecule has 1 atom stereocenters. The van der Waals surface area contributed by atoms with Gasteiger partial charge in [0.1, 0.15) is 17.3 Å². The Morgan fingerprint density at radius 1 is 0.895 bits per heavy atom. The summed E-state index contributed by atoms with van der Waals surface area (Å²) in [6.07, 6.45) is 4.94. The molecule has 0 saturated carbocycles. The van der Waals surface area contributed by atoms with Crippen LogP contribution >= 0.6 is 0 Å². The molecule has 6 rings (SSSR count). The number of para-hydroxylation sites is 2. The van der Waals surface area contributed by atoms with Crippen molar-refractivity contribution in [3.05, 3.63) is 132 Å².